The summed E-state index contributed by atoms with van der Waals surface area (Å²) in [6, 6.07) is 0.168. The number of carbonyl (C=O) groups is 1. The minimum absolute atomic E-state index is 0.168. The highest BCUT2D eigenvalue weighted by Gasteiger charge is 2.16. The Hall–Kier alpha value is -1.50. The number of hydrogen-bond acceptors (Lipinski definition) is 5. The summed E-state index contributed by atoms with van der Waals surface area (Å²) >= 11 is 1.60. The summed E-state index contributed by atoms with van der Waals surface area (Å²) in [7, 11) is 0. The number of nitrogens with zero attached hydrogens (tertiary/aromatic N) is 2. The highest BCUT2D eigenvalue weighted by molar-refractivity contribution is 7.98. The number of nitrogens with one attached hydrogen (secondary N) is 1. The number of carbonyl (C=O) groups excluding carboxylic acids is 1. The maximum absolute atomic E-state index is 12.5. The van der Waals surface area contributed by atoms with Crippen molar-refractivity contribution in [2.45, 2.75) is 79.2 Å². The fraction of sp³-hybridized carbons (Fsp3) is 0.750. The molecule has 6 nitrogen and oxygen atoms in total. The van der Waals surface area contributed by atoms with Crippen molar-refractivity contribution in [1.82, 2.24) is 9.55 Å². The highest BCUT2D eigenvalue weighted by atomic mass is 32.2. The van der Waals surface area contributed by atoms with E-state index in [1.807, 2.05) is 33.2 Å². The van der Waals surface area contributed by atoms with Gasteiger partial charge in [0.05, 0.1) is 0 Å². The van der Waals surface area contributed by atoms with Crippen LogP contribution in [0.25, 0.3) is 0 Å². The summed E-state index contributed by atoms with van der Waals surface area (Å²) in [6.45, 7) is 10.5. The van der Waals surface area contributed by atoms with Crippen LogP contribution in [0.1, 0.15) is 77.8 Å². The number of aryl methyl sites for hydroxylation is 1. The zero-order valence-electron chi connectivity index (χ0n) is 17.8. The van der Waals surface area contributed by atoms with E-state index < -0.39 is 6.09 Å². The van der Waals surface area contributed by atoms with Crippen molar-refractivity contribution in [3.8, 4) is 0 Å². The van der Waals surface area contributed by atoms with Crippen LogP contribution in [0.4, 0.5) is 10.6 Å². The van der Waals surface area contributed by atoms with E-state index in [0.29, 0.717) is 6.61 Å². The average molecular weight is 400 g/mol. The number of thioether (sulfide) groups is 1. The summed E-state index contributed by atoms with van der Waals surface area (Å²) in [5, 5.41) is 2.57. The van der Waals surface area contributed by atoms with Gasteiger partial charge >= 0.3 is 11.8 Å². The molecule has 27 heavy (non-hydrogen) atoms. The lowest BCUT2D eigenvalue weighted by molar-refractivity contribution is 0.169. The average Bonchev–Trinajstić information content (AvgIpc) is 2.67. The molecule has 1 heterocycles. The van der Waals surface area contributed by atoms with Crippen molar-refractivity contribution < 1.29 is 9.53 Å². The van der Waals surface area contributed by atoms with Crippen molar-refractivity contribution in [1.29, 1.82) is 0 Å². The minimum Gasteiger partial charge on any atom is -0.448 e. The van der Waals surface area contributed by atoms with Crippen LogP contribution in [0.3, 0.4) is 0 Å². The molecule has 0 fully saturated rings. The van der Waals surface area contributed by atoms with Crippen LogP contribution in [-0.4, -0.2) is 34.3 Å². The zero-order valence-corrected chi connectivity index (χ0v) is 18.7. The molecule has 0 saturated carbocycles. The van der Waals surface area contributed by atoms with Gasteiger partial charge in [-0.1, -0.05) is 53.4 Å². The minimum atomic E-state index is -0.574. The van der Waals surface area contributed by atoms with Crippen molar-refractivity contribution in [3.63, 3.8) is 0 Å². The number of anilines is 1. The van der Waals surface area contributed by atoms with E-state index in [0.717, 1.165) is 49.8 Å². The first-order valence-electron chi connectivity index (χ1n) is 10.1. The lowest BCUT2D eigenvalue weighted by Gasteiger charge is -2.20. The lowest BCUT2D eigenvalue weighted by atomic mass is 10.0. The molecule has 1 rings (SSSR count). The summed E-state index contributed by atoms with van der Waals surface area (Å²) in [5.74, 6) is 1.01. The van der Waals surface area contributed by atoms with E-state index in [9.17, 15) is 9.59 Å². The molecule has 156 valence electrons. The van der Waals surface area contributed by atoms with E-state index in [1.165, 1.54) is 0 Å². The standard InChI is InChI=1S/C18H31N3O3S.C2H6/c1-5-7-9-15(10-8-6-2)21-13-14(3)16(19-17(21)22)20-18(23)24-11-12-25-4;1-2/h13,15H,5-12H2,1-4H3,(H,19,20,22,23);1-2H3. The van der Waals surface area contributed by atoms with Crippen molar-refractivity contribution in [3.05, 3.63) is 22.2 Å². The van der Waals surface area contributed by atoms with Gasteiger partial charge in [0.2, 0.25) is 0 Å². The summed E-state index contributed by atoms with van der Waals surface area (Å²) in [6.07, 6.45) is 9.50. The van der Waals surface area contributed by atoms with Crippen LogP contribution in [0.2, 0.25) is 0 Å². The normalized spacial score (nSPS) is 10.3. The van der Waals surface area contributed by atoms with Crippen LogP contribution in [-0.2, 0) is 4.74 Å². The molecule has 0 bridgehead atoms. The van der Waals surface area contributed by atoms with Gasteiger partial charge in [-0.3, -0.25) is 9.88 Å². The second-order valence-corrected chi connectivity index (χ2v) is 7.14. The van der Waals surface area contributed by atoms with E-state index in [4.69, 9.17) is 4.74 Å². The van der Waals surface area contributed by atoms with Crippen molar-refractivity contribution >= 4 is 23.7 Å². The summed E-state index contributed by atoms with van der Waals surface area (Å²) in [4.78, 5) is 28.3. The molecule has 0 atom stereocenters. The number of rotatable bonds is 11. The highest BCUT2D eigenvalue weighted by Crippen LogP contribution is 2.21. The van der Waals surface area contributed by atoms with Gasteiger partial charge in [0.1, 0.15) is 12.4 Å². The Morgan fingerprint density at radius 1 is 1.26 bits per heavy atom. The van der Waals surface area contributed by atoms with Gasteiger partial charge < -0.3 is 4.74 Å². The Morgan fingerprint density at radius 3 is 2.37 bits per heavy atom. The Kier molecular flexibility index (Phi) is 14.7. The first-order valence-corrected chi connectivity index (χ1v) is 11.4. The molecule has 1 aromatic heterocycles. The van der Waals surface area contributed by atoms with Crippen LogP contribution >= 0.6 is 11.8 Å². The van der Waals surface area contributed by atoms with Gasteiger partial charge in [-0.2, -0.15) is 16.7 Å². The predicted octanol–water partition coefficient (Wildman–Crippen LogP) is 5.41. The molecule has 0 aliphatic carbocycles. The topological polar surface area (TPSA) is 73.2 Å². The monoisotopic (exact) mass is 399 g/mol. The largest absolute Gasteiger partial charge is 0.448 e. The molecule has 1 aromatic rings. The lowest BCUT2D eigenvalue weighted by Crippen LogP contribution is -2.29. The molecule has 1 N–H and O–H groups in total. The van der Waals surface area contributed by atoms with Crippen LogP contribution < -0.4 is 11.0 Å². The third-order valence-electron chi connectivity index (χ3n) is 4.05. The maximum Gasteiger partial charge on any atom is 0.412 e. The summed E-state index contributed by atoms with van der Waals surface area (Å²) in [5.41, 5.74) is 0.446. The predicted molar refractivity (Wildman–Crippen MR) is 116 cm³/mol. The fourth-order valence-corrected chi connectivity index (χ4v) is 2.86. The third-order valence-corrected chi connectivity index (χ3v) is 4.63. The Balaban J connectivity index is 0.00000326. The maximum atomic E-state index is 12.5. The first kappa shape index (κ1) is 25.5. The van der Waals surface area contributed by atoms with Gasteiger partial charge in [-0.25, -0.2) is 9.59 Å². The van der Waals surface area contributed by atoms with Crippen molar-refractivity contribution in [2.75, 3.05) is 23.9 Å². The van der Waals surface area contributed by atoms with Gasteiger partial charge in [0.15, 0.2) is 0 Å². The SMILES string of the molecule is CC.CCCCC(CCCC)n1cc(C)c(NC(=O)OCCSC)nc1=O. The first-order chi connectivity index (χ1) is 13.0. The molecule has 0 spiro atoms. The number of hydrogen-bond donors (Lipinski definition) is 1. The third kappa shape index (κ3) is 9.84. The van der Waals surface area contributed by atoms with Gasteiger partial charge in [-0.05, 0) is 26.0 Å². The van der Waals surface area contributed by atoms with Crippen LogP contribution in [0.15, 0.2) is 11.0 Å². The Labute approximate surface area is 168 Å². The van der Waals surface area contributed by atoms with E-state index >= 15 is 0 Å². The molecular weight excluding hydrogens is 362 g/mol. The molecule has 0 aliphatic heterocycles. The van der Waals surface area contributed by atoms with Gasteiger partial charge in [-0.15, -0.1) is 0 Å². The molecule has 1 amide bonds. The second kappa shape index (κ2) is 15.5. The molecule has 0 unspecified atom stereocenters. The molecule has 0 saturated heterocycles. The second-order valence-electron chi connectivity index (χ2n) is 6.15. The van der Waals surface area contributed by atoms with E-state index in [2.05, 4.69) is 24.1 Å². The summed E-state index contributed by atoms with van der Waals surface area (Å²) < 4.78 is 6.77. The smallest absolute Gasteiger partial charge is 0.412 e. The number of unbranched alkanes of at least 4 members (excludes halogenated alkanes) is 2. The van der Waals surface area contributed by atoms with E-state index in [1.54, 1.807) is 16.3 Å². The van der Waals surface area contributed by atoms with Gasteiger partial charge in [0, 0.05) is 23.6 Å². The zero-order chi connectivity index (χ0) is 20.7. The fourth-order valence-electron chi connectivity index (χ4n) is 2.61. The van der Waals surface area contributed by atoms with Gasteiger partial charge in [0.25, 0.3) is 0 Å². The molecule has 7 heteroatoms. The molecular formula is C20H37N3O3S. The number of amides is 1. The Morgan fingerprint density at radius 2 is 1.85 bits per heavy atom. The molecule has 0 aromatic carbocycles. The number of aromatic nitrogens is 2. The Bertz CT molecular complexity index is 582. The van der Waals surface area contributed by atoms with Crippen molar-refractivity contribution in [2.24, 2.45) is 0 Å². The van der Waals surface area contributed by atoms with Crippen LogP contribution in [0, 0.1) is 6.92 Å². The number of ether oxygens (including phenoxy) is 1. The molecule has 0 radical (unpaired) electrons. The quantitative estimate of drug-likeness (QED) is 0.504. The molecule has 0 aliphatic rings. The van der Waals surface area contributed by atoms with Crippen LogP contribution in [0.5, 0.6) is 0 Å². The van der Waals surface area contributed by atoms with E-state index in [-0.39, 0.29) is 17.5 Å².